The molecular weight excluding hydrogens is 334 g/mol. The number of aromatic nitrogens is 3. The average molecular weight is 355 g/mol. The summed E-state index contributed by atoms with van der Waals surface area (Å²) in [6.07, 6.45) is 3.66. The number of thiazole rings is 1. The fourth-order valence-corrected chi connectivity index (χ4v) is 3.97. The van der Waals surface area contributed by atoms with Crippen LogP contribution in [0.3, 0.4) is 0 Å². The highest BCUT2D eigenvalue weighted by atomic mass is 32.1. The second-order valence-electron chi connectivity index (χ2n) is 6.48. The van der Waals surface area contributed by atoms with Crippen LogP contribution < -0.4 is 5.32 Å². The van der Waals surface area contributed by atoms with Crippen molar-refractivity contribution in [3.8, 4) is 0 Å². The van der Waals surface area contributed by atoms with Gasteiger partial charge in [-0.15, -0.1) is 11.3 Å². The van der Waals surface area contributed by atoms with Gasteiger partial charge in [0, 0.05) is 25.2 Å². The number of amides is 1. The Hall–Kier alpha value is -2.25. The molecule has 3 aromatic rings. The lowest BCUT2D eigenvalue weighted by molar-refractivity contribution is -0.121. The van der Waals surface area contributed by atoms with Gasteiger partial charge >= 0.3 is 0 Å². The fourth-order valence-electron chi connectivity index (χ4n) is 3.44. The summed E-state index contributed by atoms with van der Waals surface area (Å²) in [5.41, 5.74) is 2.17. The molecule has 0 spiro atoms. The number of anilines is 1. The van der Waals surface area contributed by atoms with Gasteiger partial charge in [-0.3, -0.25) is 9.69 Å². The van der Waals surface area contributed by atoms with Crippen molar-refractivity contribution in [2.24, 2.45) is 13.0 Å². The average Bonchev–Trinajstić information content (AvgIpc) is 3.24. The molecule has 1 atom stereocenters. The van der Waals surface area contributed by atoms with Crippen LogP contribution in [0.1, 0.15) is 18.7 Å². The van der Waals surface area contributed by atoms with E-state index in [0.717, 1.165) is 49.3 Å². The Morgan fingerprint density at radius 1 is 1.40 bits per heavy atom. The first-order valence-corrected chi connectivity index (χ1v) is 9.42. The number of nitrogens with one attached hydrogen (secondary N) is 1. The molecule has 0 radical (unpaired) electrons. The zero-order valence-electron chi connectivity index (χ0n) is 14.2. The fraction of sp³-hybridized carbons (Fsp3) is 0.389. The van der Waals surface area contributed by atoms with Crippen LogP contribution in [0.4, 0.5) is 5.13 Å². The molecule has 4 rings (SSSR count). The van der Waals surface area contributed by atoms with Crippen LogP contribution in [0.5, 0.6) is 0 Å². The number of benzene rings is 1. The molecule has 1 amide bonds. The second kappa shape index (κ2) is 6.93. The van der Waals surface area contributed by atoms with Gasteiger partial charge in [-0.25, -0.2) is 9.97 Å². The van der Waals surface area contributed by atoms with Crippen LogP contribution in [0, 0.1) is 5.92 Å². The molecule has 0 unspecified atom stereocenters. The van der Waals surface area contributed by atoms with E-state index in [1.165, 1.54) is 11.3 Å². The summed E-state index contributed by atoms with van der Waals surface area (Å²) < 4.78 is 2.15. The Bertz CT molecular complexity index is 873. The molecule has 1 fully saturated rings. The standard InChI is InChI=1S/C18H21N5OS/c1-22-15-7-3-2-6-14(15)20-16(22)12-23-9-4-5-13(11-23)17(24)21-18-19-8-10-25-18/h2-3,6-8,10,13H,4-5,9,11-12H2,1H3,(H,19,21,24)/t13-/m0/s1. The highest BCUT2D eigenvalue weighted by Crippen LogP contribution is 2.22. The van der Waals surface area contributed by atoms with Crippen molar-refractivity contribution in [3.05, 3.63) is 41.7 Å². The zero-order valence-corrected chi connectivity index (χ0v) is 15.0. The summed E-state index contributed by atoms with van der Waals surface area (Å²) >= 11 is 1.45. The number of hydrogen-bond acceptors (Lipinski definition) is 5. The Morgan fingerprint density at radius 2 is 2.28 bits per heavy atom. The van der Waals surface area contributed by atoms with Gasteiger partial charge in [0.1, 0.15) is 5.82 Å². The van der Waals surface area contributed by atoms with E-state index < -0.39 is 0 Å². The first kappa shape index (κ1) is 16.2. The van der Waals surface area contributed by atoms with E-state index in [1.807, 2.05) is 23.6 Å². The van der Waals surface area contributed by atoms with Gasteiger partial charge in [-0.1, -0.05) is 12.1 Å². The van der Waals surface area contributed by atoms with Crippen molar-refractivity contribution in [2.45, 2.75) is 19.4 Å². The molecule has 1 aromatic carbocycles. The minimum absolute atomic E-state index is 0.00679. The molecule has 3 heterocycles. The van der Waals surface area contributed by atoms with E-state index in [-0.39, 0.29) is 11.8 Å². The number of piperidine rings is 1. The van der Waals surface area contributed by atoms with E-state index in [2.05, 4.69) is 32.9 Å². The van der Waals surface area contributed by atoms with Crippen LogP contribution in [-0.2, 0) is 18.4 Å². The summed E-state index contributed by atoms with van der Waals surface area (Å²) in [6.45, 7) is 2.54. The van der Waals surface area contributed by atoms with Crippen LogP contribution in [-0.4, -0.2) is 38.4 Å². The third-order valence-electron chi connectivity index (χ3n) is 4.78. The minimum atomic E-state index is 0.00679. The van der Waals surface area contributed by atoms with Crippen LogP contribution in [0.25, 0.3) is 11.0 Å². The largest absolute Gasteiger partial charge is 0.330 e. The molecule has 7 heteroatoms. The molecule has 25 heavy (non-hydrogen) atoms. The molecule has 2 aromatic heterocycles. The Labute approximate surface area is 150 Å². The molecule has 1 N–H and O–H groups in total. The van der Waals surface area contributed by atoms with Crippen LogP contribution in [0.2, 0.25) is 0 Å². The summed E-state index contributed by atoms with van der Waals surface area (Å²) in [5, 5.41) is 5.48. The van der Waals surface area contributed by atoms with Crippen molar-refractivity contribution < 1.29 is 4.79 Å². The van der Waals surface area contributed by atoms with Gasteiger partial charge in [-0.05, 0) is 31.5 Å². The predicted octanol–water partition coefficient (Wildman–Crippen LogP) is 2.88. The lowest BCUT2D eigenvalue weighted by Gasteiger charge is -2.31. The highest BCUT2D eigenvalue weighted by molar-refractivity contribution is 7.13. The number of aryl methyl sites for hydroxylation is 1. The van der Waals surface area contributed by atoms with E-state index in [4.69, 9.17) is 4.98 Å². The maximum Gasteiger partial charge on any atom is 0.230 e. The van der Waals surface area contributed by atoms with Gasteiger partial charge in [0.05, 0.1) is 23.5 Å². The SMILES string of the molecule is Cn1c(CN2CCC[C@H](C(=O)Nc3nccs3)C2)nc2ccccc21. The first-order chi connectivity index (χ1) is 12.2. The van der Waals surface area contributed by atoms with Crippen LogP contribution in [0.15, 0.2) is 35.8 Å². The molecule has 130 valence electrons. The predicted molar refractivity (Wildman–Crippen MR) is 99.5 cm³/mol. The monoisotopic (exact) mass is 355 g/mol. The molecule has 0 saturated carbocycles. The lowest BCUT2D eigenvalue weighted by Crippen LogP contribution is -2.40. The third-order valence-corrected chi connectivity index (χ3v) is 5.47. The maximum absolute atomic E-state index is 12.5. The van der Waals surface area contributed by atoms with Gasteiger partial charge in [0.2, 0.25) is 5.91 Å². The number of carbonyl (C=O) groups excluding carboxylic acids is 1. The Morgan fingerprint density at radius 3 is 3.08 bits per heavy atom. The van der Waals surface area contributed by atoms with Crippen molar-refractivity contribution >= 4 is 33.4 Å². The van der Waals surface area contributed by atoms with Gasteiger partial charge in [0.15, 0.2) is 5.13 Å². The molecule has 0 bridgehead atoms. The summed E-state index contributed by atoms with van der Waals surface area (Å²) in [5.74, 6) is 1.12. The number of fused-ring (bicyclic) bond motifs is 1. The van der Waals surface area contributed by atoms with Crippen molar-refractivity contribution in [1.82, 2.24) is 19.4 Å². The summed E-state index contributed by atoms with van der Waals surface area (Å²) in [7, 11) is 2.06. The second-order valence-corrected chi connectivity index (χ2v) is 7.37. The van der Waals surface area contributed by atoms with Crippen molar-refractivity contribution in [3.63, 3.8) is 0 Å². The minimum Gasteiger partial charge on any atom is -0.330 e. The molecule has 1 aliphatic heterocycles. The van der Waals surface area contributed by atoms with Gasteiger partial charge in [0.25, 0.3) is 0 Å². The van der Waals surface area contributed by atoms with E-state index in [0.29, 0.717) is 5.13 Å². The Kier molecular flexibility index (Phi) is 4.50. The third kappa shape index (κ3) is 3.43. The number of para-hydroxylation sites is 2. The van der Waals surface area contributed by atoms with E-state index in [9.17, 15) is 4.79 Å². The lowest BCUT2D eigenvalue weighted by atomic mass is 9.97. The number of hydrogen-bond donors (Lipinski definition) is 1. The number of carbonyl (C=O) groups is 1. The number of imidazole rings is 1. The Balaban J connectivity index is 1.44. The van der Waals surface area contributed by atoms with Crippen molar-refractivity contribution in [2.75, 3.05) is 18.4 Å². The van der Waals surface area contributed by atoms with E-state index in [1.54, 1.807) is 6.20 Å². The zero-order chi connectivity index (χ0) is 17.2. The van der Waals surface area contributed by atoms with E-state index >= 15 is 0 Å². The first-order valence-electron chi connectivity index (χ1n) is 8.54. The maximum atomic E-state index is 12.5. The molecular formula is C18H21N5OS. The number of nitrogens with zero attached hydrogens (tertiary/aromatic N) is 4. The number of likely N-dealkylation sites (tertiary alicyclic amines) is 1. The van der Waals surface area contributed by atoms with Crippen LogP contribution >= 0.6 is 11.3 Å². The topological polar surface area (TPSA) is 63.1 Å². The van der Waals surface area contributed by atoms with Gasteiger partial charge in [-0.2, -0.15) is 0 Å². The molecule has 1 aliphatic rings. The quantitative estimate of drug-likeness (QED) is 0.782. The van der Waals surface area contributed by atoms with Crippen molar-refractivity contribution in [1.29, 1.82) is 0 Å². The normalized spacial score (nSPS) is 18.5. The summed E-state index contributed by atoms with van der Waals surface area (Å²) in [6, 6.07) is 8.18. The smallest absolute Gasteiger partial charge is 0.230 e. The summed E-state index contributed by atoms with van der Waals surface area (Å²) in [4.78, 5) is 23.7. The van der Waals surface area contributed by atoms with Gasteiger partial charge < -0.3 is 9.88 Å². The highest BCUT2D eigenvalue weighted by Gasteiger charge is 2.27. The molecule has 1 saturated heterocycles. The number of rotatable bonds is 4. The molecule has 6 nitrogen and oxygen atoms in total. The molecule has 0 aliphatic carbocycles.